The predicted octanol–water partition coefficient (Wildman–Crippen LogP) is 3.11. The lowest BCUT2D eigenvalue weighted by atomic mass is 10.1. The van der Waals surface area contributed by atoms with Crippen LogP contribution in [0.4, 0.5) is 15.8 Å². The second kappa shape index (κ2) is 4.53. The van der Waals surface area contributed by atoms with Crippen molar-refractivity contribution in [3.05, 3.63) is 24.0 Å². The molecule has 0 amide bonds. The predicted molar refractivity (Wildman–Crippen MR) is 69.4 cm³/mol. The Balaban J connectivity index is 2.02. The molecular formula is C12H17FN2S. The first-order valence-corrected chi connectivity index (χ1v) is 6.51. The second-order valence-electron chi connectivity index (χ2n) is 4.46. The summed E-state index contributed by atoms with van der Waals surface area (Å²) in [5, 5.41) is 3.25. The van der Waals surface area contributed by atoms with E-state index in [9.17, 15) is 4.39 Å². The average molecular weight is 240 g/mol. The summed E-state index contributed by atoms with van der Waals surface area (Å²) < 4.78 is 13.5. The van der Waals surface area contributed by atoms with Gasteiger partial charge in [-0.25, -0.2) is 4.39 Å². The molecule has 4 heteroatoms. The summed E-state index contributed by atoms with van der Waals surface area (Å²) >= 11 is 1.98. The highest BCUT2D eigenvalue weighted by Gasteiger charge is 2.29. The van der Waals surface area contributed by atoms with Crippen LogP contribution < -0.4 is 11.1 Å². The van der Waals surface area contributed by atoms with Crippen LogP contribution in [0, 0.1) is 5.82 Å². The molecule has 1 aromatic rings. The Bertz CT molecular complexity index is 375. The summed E-state index contributed by atoms with van der Waals surface area (Å²) in [6.45, 7) is 3.08. The molecule has 88 valence electrons. The van der Waals surface area contributed by atoms with Crippen molar-refractivity contribution >= 4 is 23.1 Å². The first-order chi connectivity index (χ1) is 7.61. The van der Waals surface area contributed by atoms with Crippen LogP contribution in [0.15, 0.2) is 18.2 Å². The number of nitrogen functional groups attached to an aromatic ring is 1. The molecule has 1 heterocycles. The minimum Gasteiger partial charge on any atom is -0.395 e. The van der Waals surface area contributed by atoms with Gasteiger partial charge in [-0.05, 0) is 37.7 Å². The van der Waals surface area contributed by atoms with E-state index < -0.39 is 0 Å². The second-order valence-corrected chi connectivity index (χ2v) is 6.14. The zero-order chi connectivity index (χ0) is 11.6. The van der Waals surface area contributed by atoms with Crippen molar-refractivity contribution in [2.75, 3.05) is 23.3 Å². The highest BCUT2D eigenvalue weighted by molar-refractivity contribution is 8.00. The Hall–Kier alpha value is -0.900. The fourth-order valence-electron chi connectivity index (χ4n) is 1.95. The van der Waals surface area contributed by atoms with E-state index in [1.54, 1.807) is 6.07 Å². The molecule has 0 bridgehead atoms. The van der Waals surface area contributed by atoms with Gasteiger partial charge in [0, 0.05) is 11.3 Å². The number of benzene rings is 1. The largest absolute Gasteiger partial charge is 0.395 e. The number of hydrogen-bond acceptors (Lipinski definition) is 3. The lowest BCUT2D eigenvalue weighted by molar-refractivity contribution is 0.627. The normalized spacial score (nSPS) is 24.6. The van der Waals surface area contributed by atoms with Crippen LogP contribution in [0.2, 0.25) is 0 Å². The molecule has 1 aliphatic rings. The highest BCUT2D eigenvalue weighted by Crippen LogP contribution is 2.38. The third kappa shape index (κ3) is 2.43. The van der Waals surface area contributed by atoms with Crippen LogP contribution in [0.3, 0.4) is 0 Å². The standard InChI is InChI=1S/C12H17FN2S/c1-12(6-3-7-16-12)8-15-10-5-2-4-9(13)11(10)14/h2,4-5,15H,3,6-8,14H2,1H3. The van der Waals surface area contributed by atoms with Gasteiger partial charge in [-0.15, -0.1) is 0 Å². The van der Waals surface area contributed by atoms with E-state index >= 15 is 0 Å². The van der Waals surface area contributed by atoms with Gasteiger partial charge in [0.15, 0.2) is 0 Å². The van der Waals surface area contributed by atoms with E-state index in [1.165, 1.54) is 24.7 Å². The molecule has 0 radical (unpaired) electrons. The topological polar surface area (TPSA) is 38.0 Å². The molecule has 0 saturated carbocycles. The molecule has 1 fully saturated rings. The van der Waals surface area contributed by atoms with Crippen LogP contribution in [0.25, 0.3) is 0 Å². The summed E-state index contributed by atoms with van der Waals surface area (Å²) in [7, 11) is 0. The summed E-state index contributed by atoms with van der Waals surface area (Å²) in [6.07, 6.45) is 2.47. The van der Waals surface area contributed by atoms with Crippen molar-refractivity contribution in [1.82, 2.24) is 0 Å². The van der Waals surface area contributed by atoms with E-state index in [1.807, 2.05) is 17.8 Å². The Morgan fingerprint density at radius 3 is 3.06 bits per heavy atom. The van der Waals surface area contributed by atoms with Crippen LogP contribution >= 0.6 is 11.8 Å². The molecule has 0 aromatic heterocycles. The van der Waals surface area contributed by atoms with Crippen molar-refractivity contribution in [2.24, 2.45) is 0 Å². The summed E-state index contributed by atoms with van der Waals surface area (Å²) in [5.74, 6) is 0.866. The zero-order valence-corrected chi connectivity index (χ0v) is 10.2. The van der Waals surface area contributed by atoms with Gasteiger partial charge in [-0.1, -0.05) is 6.07 Å². The monoisotopic (exact) mass is 240 g/mol. The maximum absolute atomic E-state index is 13.2. The molecule has 1 aliphatic heterocycles. The minimum absolute atomic E-state index is 0.217. The number of nitrogens with two attached hydrogens (primary N) is 1. The number of para-hydroxylation sites is 1. The van der Waals surface area contributed by atoms with Gasteiger partial charge in [0.05, 0.1) is 11.4 Å². The number of rotatable bonds is 3. The number of thioether (sulfide) groups is 1. The van der Waals surface area contributed by atoms with Crippen LogP contribution in [0.1, 0.15) is 19.8 Å². The SMILES string of the molecule is CC1(CNc2cccc(F)c2N)CCCS1. The maximum atomic E-state index is 13.2. The zero-order valence-electron chi connectivity index (χ0n) is 9.42. The van der Waals surface area contributed by atoms with Crippen molar-refractivity contribution in [3.8, 4) is 0 Å². The fraction of sp³-hybridized carbons (Fsp3) is 0.500. The van der Waals surface area contributed by atoms with Crippen molar-refractivity contribution in [3.63, 3.8) is 0 Å². The lowest BCUT2D eigenvalue weighted by Gasteiger charge is -2.24. The van der Waals surface area contributed by atoms with Gasteiger partial charge in [0.2, 0.25) is 0 Å². The van der Waals surface area contributed by atoms with E-state index in [0.29, 0.717) is 5.69 Å². The fourth-order valence-corrected chi connectivity index (χ4v) is 3.19. The van der Waals surface area contributed by atoms with Crippen LogP contribution in [0.5, 0.6) is 0 Å². The van der Waals surface area contributed by atoms with E-state index in [4.69, 9.17) is 5.73 Å². The number of hydrogen-bond donors (Lipinski definition) is 2. The molecule has 0 aliphatic carbocycles. The Morgan fingerprint density at radius 2 is 2.38 bits per heavy atom. The number of halogens is 1. The van der Waals surface area contributed by atoms with Gasteiger partial charge in [0.25, 0.3) is 0 Å². The third-order valence-corrected chi connectivity index (χ3v) is 4.54. The third-order valence-electron chi connectivity index (χ3n) is 3.01. The first-order valence-electron chi connectivity index (χ1n) is 5.53. The Kier molecular flexibility index (Phi) is 3.28. The van der Waals surface area contributed by atoms with Crippen molar-refractivity contribution in [1.29, 1.82) is 0 Å². The van der Waals surface area contributed by atoms with Crippen molar-refractivity contribution in [2.45, 2.75) is 24.5 Å². The number of anilines is 2. The first kappa shape index (κ1) is 11.6. The van der Waals surface area contributed by atoms with Crippen LogP contribution in [-0.4, -0.2) is 17.0 Å². The average Bonchev–Trinajstić information content (AvgIpc) is 2.68. The molecule has 1 aromatic carbocycles. The van der Waals surface area contributed by atoms with Gasteiger partial charge in [-0.2, -0.15) is 11.8 Å². The molecule has 0 spiro atoms. The number of nitrogens with one attached hydrogen (secondary N) is 1. The lowest BCUT2D eigenvalue weighted by Crippen LogP contribution is -2.27. The van der Waals surface area contributed by atoms with E-state index in [0.717, 1.165) is 6.54 Å². The van der Waals surface area contributed by atoms with Crippen molar-refractivity contribution < 1.29 is 4.39 Å². The van der Waals surface area contributed by atoms with E-state index in [2.05, 4.69) is 12.2 Å². The molecule has 16 heavy (non-hydrogen) atoms. The minimum atomic E-state index is -0.353. The summed E-state index contributed by atoms with van der Waals surface area (Å²) in [6, 6.07) is 4.88. The van der Waals surface area contributed by atoms with Gasteiger partial charge in [0.1, 0.15) is 5.82 Å². The highest BCUT2D eigenvalue weighted by atomic mass is 32.2. The maximum Gasteiger partial charge on any atom is 0.148 e. The quantitative estimate of drug-likeness (QED) is 0.797. The molecule has 1 atom stereocenters. The molecule has 3 N–H and O–H groups in total. The van der Waals surface area contributed by atoms with E-state index in [-0.39, 0.29) is 16.3 Å². The Labute approximate surface area is 99.8 Å². The van der Waals surface area contributed by atoms with Gasteiger partial charge < -0.3 is 11.1 Å². The summed E-state index contributed by atoms with van der Waals surface area (Å²) in [5.41, 5.74) is 6.59. The van der Waals surface area contributed by atoms with Gasteiger partial charge >= 0.3 is 0 Å². The molecule has 1 saturated heterocycles. The molecule has 1 unspecified atom stereocenters. The molecule has 2 rings (SSSR count). The van der Waals surface area contributed by atoms with Gasteiger partial charge in [-0.3, -0.25) is 0 Å². The smallest absolute Gasteiger partial charge is 0.148 e. The molecule has 2 nitrogen and oxygen atoms in total. The Morgan fingerprint density at radius 1 is 1.56 bits per heavy atom. The van der Waals surface area contributed by atoms with Crippen LogP contribution in [-0.2, 0) is 0 Å². The summed E-state index contributed by atoms with van der Waals surface area (Å²) in [4.78, 5) is 0. The molecular weight excluding hydrogens is 223 g/mol.